The maximum absolute atomic E-state index is 11.7. The monoisotopic (exact) mass is 420 g/mol. The van der Waals surface area contributed by atoms with E-state index in [1.54, 1.807) is 18.2 Å². The van der Waals surface area contributed by atoms with Crippen LogP contribution in [0.5, 0.6) is 0 Å². The number of benzene rings is 2. The predicted octanol–water partition coefficient (Wildman–Crippen LogP) is 3.12. The summed E-state index contributed by atoms with van der Waals surface area (Å²) < 4.78 is 40.4. The van der Waals surface area contributed by atoms with Crippen LogP contribution in [-0.4, -0.2) is 24.6 Å². The van der Waals surface area contributed by atoms with Crippen molar-refractivity contribution in [3.8, 4) is 6.07 Å². The number of fused-ring (bicyclic) bond motifs is 1. The van der Waals surface area contributed by atoms with Crippen molar-refractivity contribution in [2.24, 2.45) is 0 Å². The minimum absolute atomic E-state index is 0.102. The quantitative estimate of drug-likeness (QED) is 0.470. The summed E-state index contributed by atoms with van der Waals surface area (Å²) in [7, 11) is -4.40. The Labute approximate surface area is 167 Å². The van der Waals surface area contributed by atoms with E-state index in [1.807, 2.05) is 18.4 Å². The lowest BCUT2D eigenvalue weighted by atomic mass is 9.98. The Morgan fingerprint density at radius 2 is 2.07 bits per heavy atom. The maximum atomic E-state index is 11.7. The van der Waals surface area contributed by atoms with Crippen molar-refractivity contribution in [1.29, 1.82) is 5.26 Å². The van der Waals surface area contributed by atoms with Gasteiger partial charge in [0.15, 0.2) is 17.8 Å². The van der Waals surface area contributed by atoms with Crippen LogP contribution in [0, 0.1) is 18.3 Å². The lowest BCUT2D eigenvalue weighted by Crippen LogP contribution is -2.37. The number of ether oxygens (including phenoxy) is 1. The van der Waals surface area contributed by atoms with Crippen LogP contribution in [0.1, 0.15) is 29.4 Å². The summed E-state index contributed by atoms with van der Waals surface area (Å²) in [6, 6.07) is 9.92. The molecule has 0 amide bonds. The number of rotatable bonds is 6. The molecule has 0 fully saturated rings. The average molecular weight is 421 g/mol. The molecule has 0 aliphatic heterocycles. The summed E-state index contributed by atoms with van der Waals surface area (Å²) in [6.07, 6.45) is 0.102. The number of hydrogen-bond acceptors (Lipinski definition) is 4. The van der Waals surface area contributed by atoms with Gasteiger partial charge in [0.1, 0.15) is 6.07 Å². The van der Waals surface area contributed by atoms with Crippen LogP contribution in [0.15, 0.2) is 35.2 Å². The average Bonchev–Trinajstić information content (AvgIpc) is 2.95. The summed E-state index contributed by atoms with van der Waals surface area (Å²) in [5.74, 6) is 0.805. The molecule has 1 heterocycles. The van der Waals surface area contributed by atoms with Crippen LogP contribution in [-0.2, 0) is 28.0 Å². The van der Waals surface area contributed by atoms with Crippen LogP contribution in [0.25, 0.3) is 11.0 Å². The zero-order valence-electron chi connectivity index (χ0n) is 15.4. The van der Waals surface area contributed by atoms with Gasteiger partial charge in [-0.1, -0.05) is 29.8 Å². The zero-order valence-corrected chi connectivity index (χ0v) is 16.9. The fraction of sp³-hybridized carbons (Fsp3) is 0.263. The van der Waals surface area contributed by atoms with E-state index < -0.39 is 10.1 Å². The second-order valence-corrected chi connectivity index (χ2v) is 8.03. The van der Waals surface area contributed by atoms with Gasteiger partial charge < -0.3 is 4.74 Å². The molecule has 0 bridgehead atoms. The first-order valence-electron chi connectivity index (χ1n) is 8.54. The van der Waals surface area contributed by atoms with Crippen molar-refractivity contribution in [2.45, 2.75) is 31.9 Å². The summed E-state index contributed by atoms with van der Waals surface area (Å²) in [6.45, 7) is 4.61. The Morgan fingerprint density at radius 1 is 1.36 bits per heavy atom. The van der Waals surface area contributed by atoms with Crippen LogP contribution in [0.4, 0.5) is 0 Å². The van der Waals surface area contributed by atoms with Gasteiger partial charge in [-0.05, 0) is 18.6 Å². The first kappa shape index (κ1) is 20.3. The van der Waals surface area contributed by atoms with Gasteiger partial charge in [-0.3, -0.25) is 4.55 Å². The Bertz CT molecular complexity index is 1200. The molecule has 0 saturated carbocycles. The van der Waals surface area contributed by atoms with E-state index >= 15 is 0 Å². The lowest BCUT2D eigenvalue weighted by molar-refractivity contribution is -0.714. The van der Waals surface area contributed by atoms with Crippen LogP contribution in [0.2, 0.25) is 5.02 Å². The minimum Gasteiger partial charge on any atom is -0.342 e. The molecule has 1 aromatic heterocycles. The third kappa shape index (κ3) is 3.75. The molecule has 3 aromatic rings. The second kappa shape index (κ2) is 7.89. The first-order chi connectivity index (χ1) is 13.3. The SMILES string of the molecule is CCOC[n+]1c(C)[nH]c2c(Cc3ccccc3S(=O)(=O)O)c(C#N)c(Cl)cc21. The van der Waals surface area contributed by atoms with Gasteiger partial charge in [-0.15, -0.1) is 0 Å². The molecule has 9 heteroatoms. The van der Waals surface area contributed by atoms with Crippen LogP contribution in [0.3, 0.4) is 0 Å². The van der Waals surface area contributed by atoms with E-state index in [4.69, 9.17) is 16.3 Å². The number of halogens is 1. The van der Waals surface area contributed by atoms with Crippen LogP contribution < -0.4 is 4.57 Å². The highest BCUT2D eigenvalue weighted by molar-refractivity contribution is 7.85. The molecule has 0 saturated heterocycles. The topological polar surface area (TPSA) is 107 Å². The molecule has 7 nitrogen and oxygen atoms in total. The molecular formula is C19H19ClN3O4S+. The molecule has 28 heavy (non-hydrogen) atoms. The summed E-state index contributed by atoms with van der Waals surface area (Å²) in [5, 5.41) is 9.90. The predicted molar refractivity (Wildman–Crippen MR) is 104 cm³/mol. The summed E-state index contributed by atoms with van der Waals surface area (Å²) in [4.78, 5) is 3.05. The van der Waals surface area contributed by atoms with E-state index in [1.165, 1.54) is 12.1 Å². The molecule has 2 N–H and O–H groups in total. The number of H-pyrrole nitrogens is 1. The highest BCUT2D eigenvalue weighted by Crippen LogP contribution is 2.30. The Morgan fingerprint density at radius 3 is 2.71 bits per heavy atom. The van der Waals surface area contributed by atoms with E-state index in [-0.39, 0.29) is 21.9 Å². The molecule has 2 aromatic carbocycles. The number of nitrogens with zero attached hydrogens (tertiary/aromatic N) is 2. The molecule has 0 spiro atoms. The van der Waals surface area contributed by atoms with E-state index in [0.717, 1.165) is 11.3 Å². The normalized spacial score (nSPS) is 11.7. The van der Waals surface area contributed by atoms with Crippen molar-refractivity contribution >= 4 is 32.8 Å². The highest BCUT2D eigenvalue weighted by Gasteiger charge is 2.25. The Hall–Kier alpha value is -2.44. The molecular weight excluding hydrogens is 402 g/mol. The fourth-order valence-corrected chi connectivity index (χ4v) is 4.19. The lowest BCUT2D eigenvalue weighted by Gasteiger charge is -2.09. The maximum Gasteiger partial charge on any atom is 0.294 e. The smallest absolute Gasteiger partial charge is 0.294 e. The van der Waals surface area contributed by atoms with Crippen molar-refractivity contribution in [1.82, 2.24) is 4.98 Å². The van der Waals surface area contributed by atoms with Gasteiger partial charge in [0.25, 0.3) is 15.9 Å². The van der Waals surface area contributed by atoms with E-state index in [2.05, 4.69) is 11.1 Å². The molecule has 0 aliphatic rings. The largest absolute Gasteiger partial charge is 0.342 e. The fourth-order valence-electron chi connectivity index (χ4n) is 3.21. The van der Waals surface area contributed by atoms with Gasteiger partial charge in [0.2, 0.25) is 0 Å². The molecule has 146 valence electrons. The van der Waals surface area contributed by atoms with Gasteiger partial charge in [0.05, 0.1) is 15.5 Å². The third-order valence-corrected chi connectivity index (χ3v) is 5.77. The Kier molecular flexibility index (Phi) is 5.72. The van der Waals surface area contributed by atoms with E-state index in [0.29, 0.717) is 30.0 Å². The Balaban J connectivity index is 2.25. The number of nitrogens with one attached hydrogen (secondary N) is 1. The summed E-state index contributed by atoms with van der Waals surface area (Å²) >= 11 is 6.36. The van der Waals surface area contributed by atoms with Crippen molar-refractivity contribution < 1.29 is 22.3 Å². The van der Waals surface area contributed by atoms with Gasteiger partial charge in [-0.2, -0.15) is 13.7 Å². The van der Waals surface area contributed by atoms with Gasteiger partial charge in [-0.25, -0.2) is 9.55 Å². The zero-order chi connectivity index (χ0) is 20.5. The van der Waals surface area contributed by atoms with Gasteiger partial charge >= 0.3 is 0 Å². The van der Waals surface area contributed by atoms with Crippen molar-refractivity contribution in [3.05, 3.63) is 57.9 Å². The van der Waals surface area contributed by atoms with Gasteiger partial charge in [0, 0.05) is 31.6 Å². The van der Waals surface area contributed by atoms with Crippen molar-refractivity contribution in [3.63, 3.8) is 0 Å². The first-order valence-corrected chi connectivity index (χ1v) is 10.4. The highest BCUT2D eigenvalue weighted by atomic mass is 35.5. The third-order valence-electron chi connectivity index (χ3n) is 4.52. The number of hydrogen-bond donors (Lipinski definition) is 2. The number of aromatic nitrogens is 2. The van der Waals surface area contributed by atoms with Crippen LogP contribution >= 0.6 is 11.6 Å². The standard InChI is InChI=1S/C19H18ClN3O4S/c1-3-27-11-23-12(2)22-19-14(15(10-21)16(20)9-17(19)23)8-13-6-4-5-7-18(13)28(24,25)26/h4-7,9H,3,8,11H2,1-2H3,(H,24,25,26)/p+1. The number of aromatic amines is 1. The molecule has 0 radical (unpaired) electrons. The summed E-state index contributed by atoms with van der Waals surface area (Å²) in [5.41, 5.74) is 2.59. The van der Waals surface area contributed by atoms with Crippen molar-refractivity contribution in [2.75, 3.05) is 6.61 Å². The molecule has 0 aliphatic carbocycles. The van der Waals surface area contributed by atoms with E-state index in [9.17, 15) is 18.2 Å². The number of aryl methyl sites for hydroxylation is 1. The number of nitriles is 1. The molecule has 0 atom stereocenters. The molecule has 0 unspecified atom stereocenters. The number of imidazole rings is 1. The second-order valence-electron chi connectivity index (χ2n) is 6.24. The minimum atomic E-state index is -4.40. The molecule has 3 rings (SSSR count).